The van der Waals surface area contributed by atoms with Crippen molar-refractivity contribution in [2.24, 2.45) is 0 Å². The molecule has 1 aromatic carbocycles. The summed E-state index contributed by atoms with van der Waals surface area (Å²) in [6, 6.07) is 11.2. The number of sulfonamides is 1. The second kappa shape index (κ2) is 8.16. The molecule has 1 aliphatic rings. The standard InChI is InChI=1S/C19H22N2O3S2/c1-15-4-6-16(7-5-15)8-9-18(22)21-12-10-17(11-13-21)20-26(23,24)19-3-2-14-25-19/h2-9,14,17,20H,10-13H2,1H3/b9-8+. The smallest absolute Gasteiger partial charge is 0.250 e. The number of hydrogen-bond acceptors (Lipinski definition) is 4. The van der Waals surface area contributed by atoms with Crippen molar-refractivity contribution in [1.29, 1.82) is 0 Å². The van der Waals surface area contributed by atoms with Gasteiger partial charge in [-0.2, -0.15) is 0 Å². The van der Waals surface area contributed by atoms with E-state index in [-0.39, 0.29) is 11.9 Å². The topological polar surface area (TPSA) is 66.5 Å². The molecule has 0 spiro atoms. The molecule has 1 amide bonds. The van der Waals surface area contributed by atoms with E-state index in [2.05, 4.69) is 4.72 Å². The Morgan fingerprint density at radius 3 is 2.50 bits per heavy atom. The number of rotatable bonds is 5. The number of hydrogen-bond donors (Lipinski definition) is 1. The van der Waals surface area contributed by atoms with Crippen LogP contribution in [0, 0.1) is 6.92 Å². The molecule has 26 heavy (non-hydrogen) atoms. The van der Waals surface area contributed by atoms with Crippen LogP contribution in [0.25, 0.3) is 6.08 Å². The number of benzene rings is 1. The van der Waals surface area contributed by atoms with Crippen molar-refractivity contribution >= 4 is 33.3 Å². The van der Waals surface area contributed by atoms with Crippen molar-refractivity contribution in [2.75, 3.05) is 13.1 Å². The Balaban J connectivity index is 1.51. The third kappa shape index (κ3) is 4.81. The van der Waals surface area contributed by atoms with Crippen LogP contribution in [0.1, 0.15) is 24.0 Å². The van der Waals surface area contributed by atoms with Gasteiger partial charge in [0, 0.05) is 25.2 Å². The monoisotopic (exact) mass is 390 g/mol. The van der Waals surface area contributed by atoms with Gasteiger partial charge in [0.05, 0.1) is 0 Å². The van der Waals surface area contributed by atoms with Gasteiger partial charge in [-0.05, 0) is 42.9 Å². The number of carbonyl (C=O) groups is 1. The van der Waals surface area contributed by atoms with Crippen molar-refractivity contribution in [2.45, 2.75) is 30.0 Å². The van der Waals surface area contributed by atoms with Crippen LogP contribution in [0.3, 0.4) is 0 Å². The summed E-state index contributed by atoms with van der Waals surface area (Å²) in [5, 5.41) is 1.75. The minimum atomic E-state index is -3.45. The van der Waals surface area contributed by atoms with E-state index >= 15 is 0 Å². The maximum atomic E-state index is 12.3. The van der Waals surface area contributed by atoms with Crippen molar-refractivity contribution in [3.8, 4) is 0 Å². The SMILES string of the molecule is Cc1ccc(/C=C/C(=O)N2CCC(NS(=O)(=O)c3cccs3)CC2)cc1. The lowest BCUT2D eigenvalue weighted by atomic mass is 10.1. The van der Waals surface area contributed by atoms with E-state index in [4.69, 9.17) is 0 Å². The number of carbonyl (C=O) groups excluding carboxylic acids is 1. The lowest BCUT2D eigenvalue weighted by molar-refractivity contribution is -0.126. The number of piperidine rings is 1. The molecule has 1 aliphatic heterocycles. The summed E-state index contributed by atoms with van der Waals surface area (Å²) >= 11 is 1.21. The molecule has 1 fully saturated rings. The van der Waals surface area contributed by atoms with Crippen LogP contribution >= 0.6 is 11.3 Å². The predicted octanol–water partition coefficient (Wildman–Crippen LogP) is 3.04. The number of thiophene rings is 1. The van der Waals surface area contributed by atoms with Gasteiger partial charge in [-0.3, -0.25) is 4.79 Å². The van der Waals surface area contributed by atoms with Gasteiger partial charge in [-0.25, -0.2) is 13.1 Å². The highest BCUT2D eigenvalue weighted by molar-refractivity contribution is 7.91. The minimum absolute atomic E-state index is 0.0369. The van der Waals surface area contributed by atoms with E-state index in [9.17, 15) is 13.2 Å². The zero-order valence-corrected chi connectivity index (χ0v) is 16.2. The van der Waals surface area contributed by atoms with E-state index < -0.39 is 10.0 Å². The molecule has 2 aromatic rings. The van der Waals surface area contributed by atoms with Crippen LogP contribution in [-0.2, 0) is 14.8 Å². The number of nitrogens with zero attached hydrogens (tertiary/aromatic N) is 1. The molecular weight excluding hydrogens is 368 g/mol. The Morgan fingerprint density at radius 1 is 1.19 bits per heavy atom. The fourth-order valence-electron chi connectivity index (χ4n) is 2.86. The van der Waals surface area contributed by atoms with Crippen LogP contribution < -0.4 is 4.72 Å². The summed E-state index contributed by atoms with van der Waals surface area (Å²) in [4.78, 5) is 14.1. The second-order valence-electron chi connectivity index (χ2n) is 6.40. The number of aryl methyl sites for hydroxylation is 1. The maximum absolute atomic E-state index is 12.3. The summed E-state index contributed by atoms with van der Waals surface area (Å²) in [6.45, 7) is 3.12. The van der Waals surface area contributed by atoms with Crippen LogP contribution in [0.15, 0.2) is 52.1 Å². The van der Waals surface area contributed by atoms with Crippen molar-refractivity contribution in [1.82, 2.24) is 9.62 Å². The molecule has 7 heteroatoms. The molecule has 0 unspecified atom stereocenters. The van der Waals surface area contributed by atoms with Gasteiger partial charge in [0.1, 0.15) is 4.21 Å². The first-order chi connectivity index (χ1) is 12.4. The average Bonchev–Trinajstić information content (AvgIpc) is 3.17. The zero-order valence-electron chi connectivity index (χ0n) is 14.6. The summed E-state index contributed by atoms with van der Waals surface area (Å²) in [7, 11) is -3.45. The minimum Gasteiger partial charge on any atom is -0.339 e. The van der Waals surface area contributed by atoms with E-state index in [1.165, 1.54) is 16.9 Å². The quantitative estimate of drug-likeness (QED) is 0.798. The molecular formula is C19H22N2O3S2. The van der Waals surface area contributed by atoms with Crippen LogP contribution in [0.5, 0.6) is 0 Å². The third-order valence-corrected chi connectivity index (χ3v) is 7.30. The lowest BCUT2D eigenvalue weighted by Gasteiger charge is -2.31. The highest BCUT2D eigenvalue weighted by Crippen LogP contribution is 2.19. The molecule has 0 aliphatic carbocycles. The molecule has 0 radical (unpaired) electrons. The zero-order chi connectivity index (χ0) is 18.6. The van der Waals surface area contributed by atoms with Gasteiger partial charge in [0.25, 0.3) is 0 Å². The van der Waals surface area contributed by atoms with Crippen molar-refractivity contribution in [3.63, 3.8) is 0 Å². The molecule has 138 valence electrons. The number of likely N-dealkylation sites (tertiary alicyclic amines) is 1. The molecule has 1 N–H and O–H groups in total. The Bertz CT molecular complexity index is 864. The Kier molecular flexibility index (Phi) is 5.90. The van der Waals surface area contributed by atoms with Gasteiger partial charge >= 0.3 is 0 Å². The molecule has 5 nitrogen and oxygen atoms in total. The average molecular weight is 391 g/mol. The summed E-state index contributed by atoms with van der Waals surface area (Å²) in [5.74, 6) is -0.0369. The first-order valence-electron chi connectivity index (χ1n) is 8.53. The van der Waals surface area contributed by atoms with Gasteiger partial charge in [-0.1, -0.05) is 35.9 Å². The molecule has 0 saturated carbocycles. The predicted molar refractivity (Wildman–Crippen MR) is 104 cm³/mol. The van der Waals surface area contributed by atoms with Crippen molar-refractivity contribution in [3.05, 3.63) is 59.0 Å². The van der Waals surface area contributed by atoms with Crippen LogP contribution in [0.2, 0.25) is 0 Å². The van der Waals surface area contributed by atoms with E-state index in [0.29, 0.717) is 30.1 Å². The van der Waals surface area contributed by atoms with Gasteiger partial charge in [0.15, 0.2) is 0 Å². The van der Waals surface area contributed by atoms with Crippen LogP contribution in [0.4, 0.5) is 0 Å². The van der Waals surface area contributed by atoms with Gasteiger partial charge in [0.2, 0.25) is 15.9 Å². The van der Waals surface area contributed by atoms with Gasteiger partial charge < -0.3 is 4.90 Å². The van der Waals surface area contributed by atoms with E-state index in [1.807, 2.05) is 37.3 Å². The molecule has 0 bridgehead atoms. The van der Waals surface area contributed by atoms with E-state index in [1.54, 1.807) is 28.5 Å². The summed E-state index contributed by atoms with van der Waals surface area (Å²) < 4.78 is 27.6. The number of amides is 1. The second-order valence-corrected chi connectivity index (χ2v) is 9.29. The van der Waals surface area contributed by atoms with E-state index in [0.717, 1.165) is 5.56 Å². The van der Waals surface area contributed by atoms with Gasteiger partial charge in [-0.15, -0.1) is 11.3 Å². The molecule has 1 aromatic heterocycles. The lowest BCUT2D eigenvalue weighted by Crippen LogP contribution is -2.46. The summed E-state index contributed by atoms with van der Waals surface area (Å²) in [5.41, 5.74) is 2.17. The number of nitrogens with one attached hydrogen (secondary N) is 1. The largest absolute Gasteiger partial charge is 0.339 e. The molecule has 1 saturated heterocycles. The Labute approximate surface area is 158 Å². The summed E-state index contributed by atoms with van der Waals surface area (Å²) in [6.07, 6.45) is 4.64. The molecule has 0 atom stereocenters. The third-order valence-electron chi connectivity index (χ3n) is 4.38. The molecule has 2 heterocycles. The fourth-order valence-corrected chi connectivity index (χ4v) is 5.18. The van der Waals surface area contributed by atoms with Crippen LogP contribution in [-0.4, -0.2) is 38.4 Å². The highest BCUT2D eigenvalue weighted by atomic mass is 32.2. The van der Waals surface area contributed by atoms with Crippen molar-refractivity contribution < 1.29 is 13.2 Å². The maximum Gasteiger partial charge on any atom is 0.250 e. The molecule has 3 rings (SSSR count). The fraction of sp³-hybridized carbons (Fsp3) is 0.316. The Morgan fingerprint density at radius 2 is 1.88 bits per heavy atom. The Hall–Kier alpha value is -1.96. The first kappa shape index (κ1) is 18.8. The normalized spacial score (nSPS) is 16.3. The highest BCUT2D eigenvalue weighted by Gasteiger charge is 2.26. The first-order valence-corrected chi connectivity index (χ1v) is 10.9.